The number of nitrogens with one attached hydrogen (secondary N) is 1. The first kappa shape index (κ1) is 20.0. The predicted octanol–water partition coefficient (Wildman–Crippen LogP) is 2.12. The fraction of sp³-hybridized carbons (Fsp3) is 0.412. The number of fused-ring (bicyclic) bond motifs is 3. The molecule has 10 nitrogen and oxygen atoms in total. The number of aryl methyl sites for hydroxylation is 1. The van der Waals surface area contributed by atoms with E-state index in [9.17, 15) is 13.2 Å². The molecule has 3 aromatic rings. The van der Waals surface area contributed by atoms with Crippen LogP contribution in [0.15, 0.2) is 23.1 Å². The SMILES string of the molecule is CCOC(=O)Nc1nnc2c3cc(S(=O)(=O)N(CC)CC)ccc3n(C)c2n1. The smallest absolute Gasteiger partial charge is 0.414 e. The van der Waals surface area contributed by atoms with Gasteiger partial charge in [0, 0.05) is 25.5 Å². The molecule has 0 aliphatic heterocycles. The van der Waals surface area contributed by atoms with Gasteiger partial charge in [0.05, 0.1) is 17.0 Å². The summed E-state index contributed by atoms with van der Waals surface area (Å²) in [6, 6.07) is 4.87. The quantitative estimate of drug-likeness (QED) is 0.666. The van der Waals surface area contributed by atoms with Crippen LogP contribution in [0.2, 0.25) is 0 Å². The van der Waals surface area contributed by atoms with Crippen molar-refractivity contribution >= 4 is 44.1 Å². The van der Waals surface area contributed by atoms with Gasteiger partial charge in [-0.1, -0.05) is 13.8 Å². The molecule has 28 heavy (non-hydrogen) atoms. The number of nitrogens with zero attached hydrogens (tertiary/aromatic N) is 5. The van der Waals surface area contributed by atoms with Gasteiger partial charge < -0.3 is 9.30 Å². The molecule has 0 aliphatic carbocycles. The van der Waals surface area contributed by atoms with Crippen LogP contribution in [0.4, 0.5) is 10.7 Å². The van der Waals surface area contributed by atoms with E-state index in [1.165, 1.54) is 4.31 Å². The van der Waals surface area contributed by atoms with Crippen LogP contribution in [0.5, 0.6) is 0 Å². The second-order valence-corrected chi connectivity index (χ2v) is 7.92. The molecule has 0 unspecified atom stereocenters. The van der Waals surface area contributed by atoms with Gasteiger partial charge in [-0.25, -0.2) is 13.2 Å². The molecule has 2 heterocycles. The number of hydrogen-bond acceptors (Lipinski definition) is 7. The molecule has 0 aliphatic rings. The van der Waals surface area contributed by atoms with E-state index in [4.69, 9.17) is 4.74 Å². The van der Waals surface area contributed by atoms with Crippen LogP contribution in [0, 0.1) is 0 Å². The molecule has 0 saturated carbocycles. The highest BCUT2D eigenvalue weighted by atomic mass is 32.2. The van der Waals surface area contributed by atoms with Gasteiger partial charge in [0.15, 0.2) is 5.65 Å². The summed E-state index contributed by atoms with van der Waals surface area (Å²) in [7, 11) is -1.82. The predicted molar refractivity (Wildman–Crippen MR) is 105 cm³/mol. The molecule has 11 heteroatoms. The Labute approximate surface area is 162 Å². The maximum absolute atomic E-state index is 12.8. The number of benzene rings is 1. The van der Waals surface area contributed by atoms with Crippen LogP contribution in [0.3, 0.4) is 0 Å². The number of carbonyl (C=O) groups is 1. The van der Waals surface area contributed by atoms with Gasteiger partial charge in [-0.05, 0) is 25.1 Å². The normalized spacial score (nSPS) is 12.0. The van der Waals surface area contributed by atoms with E-state index < -0.39 is 16.1 Å². The highest BCUT2D eigenvalue weighted by Gasteiger charge is 2.23. The number of hydrogen-bond donors (Lipinski definition) is 1. The van der Waals surface area contributed by atoms with Gasteiger partial charge in [0.25, 0.3) is 5.95 Å². The Bertz CT molecular complexity index is 1140. The zero-order valence-electron chi connectivity index (χ0n) is 16.1. The summed E-state index contributed by atoms with van der Waals surface area (Å²) >= 11 is 0. The molecule has 2 aromatic heterocycles. The molecule has 0 bridgehead atoms. The van der Waals surface area contributed by atoms with Crippen LogP contribution in [-0.4, -0.2) is 58.3 Å². The van der Waals surface area contributed by atoms with Gasteiger partial charge in [0.1, 0.15) is 5.52 Å². The number of anilines is 1. The van der Waals surface area contributed by atoms with Crippen molar-refractivity contribution in [2.45, 2.75) is 25.7 Å². The van der Waals surface area contributed by atoms with E-state index in [1.54, 1.807) is 50.6 Å². The number of rotatable bonds is 6. The minimum absolute atomic E-state index is 0.00726. The molecule has 0 saturated heterocycles. The maximum atomic E-state index is 12.8. The number of carbonyl (C=O) groups excluding carboxylic acids is 1. The van der Waals surface area contributed by atoms with Crippen molar-refractivity contribution in [2.75, 3.05) is 25.0 Å². The van der Waals surface area contributed by atoms with E-state index in [1.807, 2.05) is 0 Å². The lowest BCUT2D eigenvalue weighted by molar-refractivity contribution is 0.167. The van der Waals surface area contributed by atoms with Crippen LogP contribution >= 0.6 is 0 Å². The van der Waals surface area contributed by atoms with Crippen molar-refractivity contribution < 1.29 is 17.9 Å². The van der Waals surface area contributed by atoms with Crippen molar-refractivity contribution in [1.29, 1.82) is 0 Å². The summed E-state index contributed by atoms with van der Waals surface area (Å²) < 4.78 is 33.6. The molecule has 0 atom stereocenters. The third kappa shape index (κ3) is 3.38. The lowest BCUT2D eigenvalue weighted by atomic mass is 10.2. The molecule has 1 amide bonds. The van der Waals surface area contributed by atoms with E-state index in [0.29, 0.717) is 29.6 Å². The van der Waals surface area contributed by atoms with Crippen molar-refractivity contribution in [1.82, 2.24) is 24.1 Å². The Hall–Kier alpha value is -2.79. The number of sulfonamides is 1. The van der Waals surface area contributed by atoms with Crippen molar-refractivity contribution in [3.63, 3.8) is 0 Å². The monoisotopic (exact) mass is 406 g/mol. The van der Waals surface area contributed by atoms with E-state index >= 15 is 0 Å². The van der Waals surface area contributed by atoms with Gasteiger partial charge in [-0.15, -0.1) is 10.2 Å². The maximum Gasteiger partial charge on any atom is 0.414 e. The van der Waals surface area contributed by atoms with E-state index in [2.05, 4.69) is 20.5 Å². The van der Waals surface area contributed by atoms with Gasteiger partial charge in [0.2, 0.25) is 10.0 Å². The van der Waals surface area contributed by atoms with Gasteiger partial charge >= 0.3 is 6.09 Å². The molecule has 1 N–H and O–H groups in total. The Morgan fingerprint density at radius 1 is 1.21 bits per heavy atom. The number of aromatic nitrogens is 4. The minimum atomic E-state index is -3.60. The van der Waals surface area contributed by atoms with Crippen molar-refractivity contribution in [2.24, 2.45) is 7.05 Å². The van der Waals surface area contributed by atoms with Crippen molar-refractivity contribution in [3.05, 3.63) is 18.2 Å². The van der Waals surface area contributed by atoms with Crippen LogP contribution < -0.4 is 5.32 Å². The summed E-state index contributed by atoms with van der Waals surface area (Å²) in [5.41, 5.74) is 1.67. The Balaban J connectivity index is 2.11. The summed E-state index contributed by atoms with van der Waals surface area (Å²) in [5, 5.41) is 11.1. The third-order valence-electron chi connectivity index (χ3n) is 4.40. The second kappa shape index (κ2) is 7.68. The molecule has 0 radical (unpaired) electrons. The standard InChI is InChI=1S/C17H22N6O4S/c1-5-23(6-2)28(25,26)11-8-9-13-12(10-11)14-15(22(13)4)18-16(21-20-14)19-17(24)27-7-3/h8-10H,5-7H2,1-4H3,(H,18,19,21,24). The van der Waals surface area contributed by atoms with E-state index in [0.717, 1.165) is 5.52 Å². The zero-order chi connectivity index (χ0) is 20.5. The topological polar surface area (TPSA) is 119 Å². The molecular weight excluding hydrogens is 384 g/mol. The lowest BCUT2D eigenvalue weighted by Crippen LogP contribution is -2.30. The molecule has 0 spiro atoms. The van der Waals surface area contributed by atoms with Gasteiger partial charge in [-0.2, -0.15) is 9.29 Å². The molecular formula is C17H22N6O4S. The highest BCUT2D eigenvalue weighted by molar-refractivity contribution is 7.89. The fourth-order valence-corrected chi connectivity index (χ4v) is 4.51. The first-order valence-corrected chi connectivity index (χ1v) is 10.3. The molecule has 3 rings (SSSR count). The second-order valence-electron chi connectivity index (χ2n) is 5.98. The number of amides is 1. The third-order valence-corrected chi connectivity index (χ3v) is 6.45. The van der Waals surface area contributed by atoms with Crippen molar-refractivity contribution in [3.8, 4) is 0 Å². The van der Waals surface area contributed by atoms with Gasteiger partial charge in [-0.3, -0.25) is 5.32 Å². The van der Waals surface area contributed by atoms with E-state index in [-0.39, 0.29) is 17.5 Å². The largest absolute Gasteiger partial charge is 0.450 e. The summed E-state index contributed by atoms with van der Waals surface area (Å²) in [5.74, 6) is 0.00726. The average Bonchev–Trinajstić information content (AvgIpc) is 2.94. The summed E-state index contributed by atoms with van der Waals surface area (Å²) in [6.45, 7) is 6.28. The fourth-order valence-electron chi connectivity index (χ4n) is 3.02. The average molecular weight is 406 g/mol. The summed E-state index contributed by atoms with van der Waals surface area (Å²) in [6.07, 6.45) is -0.671. The Morgan fingerprint density at radius 3 is 2.57 bits per heavy atom. The van der Waals surface area contributed by atoms with Crippen LogP contribution in [0.25, 0.3) is 22.1 Å². The first-order chi connectivity index (χ1) is 13.3. The zero-order valence-corrected chi connectivity index (χ0v) is 16.9. The Morgan fingerprint density at radius 2 is 1.93 bits per heavy atom. The highest BCUT2D eigenvalue weighted by Crippen LogP contribution is 2.28. The van der Waals surface area contributed by atoms with Crippen LogP contribution in [-0.2, 0) is 21.8 Å². The molecule has 150 valence electrons. The minimum Gasteiger partial charge on any atom is -0.450 e. The lowest BCUT2D eigenvalue weighted by Gasteiger charge is -2.18. The molecule has 1 aromatic carbocycles. The Kier molecular flexibility index (Phi) is 5.47. The number of ether oxygens (including phenoxy) is 1. The summed E-state index contributed by atoms with van der Waals surface area (Å²) in [4.78, 5) is 16.1. The van der Waals surface area contributed by atoms with Crippen LogP contribution in [0.1, 0.15) is 20.8 Å². The molecule has 0 fully saturated rings. The first-order valence-electron chi connectivity index (χ1n) is 8.90.